The number of nitrogens with zero attached hydrogens (tertiary/aromatic N) is 8. The molecule has 4 rings (SSSR count). The summed E-state index contributed by atoms with van der Waals surface area (Å²) in [5.41, 5.74) is 3.02. The fraction of sp³-hybridized carbons (Fsp3) is 0.412. The van der Waals surface area contributed by atoms with Gasteiger partial charge in [-0.15, -0.1) is 22.0 Å². The topological polar surface area (TPSA) is 86.2 Å². The maximum atomic E-state index is 4.30. The molecule has 136 valence electrons. The van der Waals surface area contributed by atoms with Crippen LogP contribution in [-0.4, -0.2) is 44.9 Å². The first-order chi connectivity index (χ1) is 12.4. The minimum absolute atomic E-state index is 0.669. The second-order valence-electron chi connectivity index (χ2n) is 6.45. The average Bonchev–Trinajstić information content (AvgIpc) is 3.21. The van der Waals surface area contributed by atoms with Gasteiger partial charge in [0.05, 0.1) is 5.03 Å². The third-order valence-electron chi connectivity index (χ3n) is 3.50. The van der Waals surface area contributed by atoms with Crippen molar-refractivity contribution in [1.82, 2.24) is 39.2 Å². The SMILES string of the molecule is Cc1cc(C)n2ncnc2n1.Cc1cc(SCC(C)C)n2cnnc2n1. The van der Waals surface area contributed by atoms with Crippen molar-refractivity contribution in [2.45, 2.75) is 39.6 Å². The van der Waals surface area contributed by atoms with Crippen molar-refractivity contribution in [3.8, 4) is 0 Å². The molecule has 9 heteroatoms. The molecule has 0 amide bonds. The Labute approximate surface area is 156 Å². The van der Waals surface area contributed by atoms with E-state index < -0.39 is 0 Å². The molecule has 0 unspecified atom stereocenters. The molecule has 0 N–H and O–H groups in total. The van der Waals surface area contributed by atoms with Crippen molar-refractivity contribution in [2.24, 2.45) is 5.92 Å². The van der Waals surface area contributed by atoms with E-state index in [0.29, 0.717) is 17.5 Å². The minimum atomic E-state index is 0.669. The number of rotatable bonds is 3. The molecular formula is C17H22N8S. The van der Waals surface area contributed by atoms with E-state index in [4.69, 9.17) is 0 Å². The molecule has 8 nitrogen and oxygen atoms in total. The fourth-order valence-corrected chi connectivity index (χ4v) is 3.40. The van der Waals surface area contributed by atoms with Crippen molar-refractivity contribution in [1.29, 1.82) is 0 Å². The second kappa shape index (κ2) is 7.77. The third kappa shape index (κ3) is 4.16. The molecule has 0 aromatic carbocycles. The van der Waals surface area contributed by atoms with Gasteiger partial charge in [-0.3, -0.25) is 4.40 Å². The van der Waals surface area contributed by atoms with Crippen molar-refractivity contribution in [3.05, 3.63) is 41.9 Å². The van der Waals surface area contributed by atoms with Crippen LogP contribution in [0.4, 0.5) is 0 Å². The highest BCUT2D eigenvalue weighted by Gasteiger charge is 2.06. The molecule has 0 bridgehead atoms. The monoisotopic (exact) mass is 370 g/mol. The van der Waals surface area contributed by atoms with Crippen molar-refractivity contribution in [3.63, 3.8) is 0 Å². The number of hydrogen-bond acceptors (Lipinski definition) is 7. The summed E-state index contributed by atoms with van der Waals surface area (Å²) in [6.45, 7) is 10.3. The molecule has 0 fully saturated rings. The van der Waals surface area contributed by atoms with Crippen molar-refractivity contribution >= 4 is 23.3 Å². The standard InChI is InChI=1S/C10H14N4S.C7H8N4/c1-7(2)5-15-9-4-8(3)12-10-13-11-6-14(9)10;1-5-3-6(2)11-7(10-5)8-4-9-11/h4,6-7H,5H2,1-3H3;3-4H,1-2H3. The molecule has 4 heterocycles. The Morgan fingerprint density at radius 2 is 1.77 bits per heavy atom. The largest absolute Gasteiger partial charge is 0.260 e. The molecule has 0 saturated heterocycles. The Bertz CT molecular complexity index is 1020. The number of hydrogen-bond donors (Lipinski definition) is 0. The van der Waals surface area contributed by atoms with Gasteiger partial charge in [0, 0.05) is 22.8 Å². The van der Waals surface area contributed by atoms with Crippen LogP contribution in [0, 0.1) is 26.7 Å². The Morgan fingerprint density at radius 3 is 2.54 bits per heavy atom. The summed E-state index contributed by atoms with van der Waals surface area (Å²) < 4.78 is 3.65. The molecule has 4 aromatic heterocycles. The molecule has 0 spiro atoms. The first-order valence-electron chi connectivity index (χ1n) is 8.38. The van der Waals surface area contributed by atoms with Gasteiger partial charge < -0.3 is 0 Å². The number of fused-ring (bicyclic) bond motifs is 2. The molecular weight excluding hydrogens is 348 g/mol. The molecule has 0 aliphatic rings. The van der Waals surface area contributed by atoms with Crippen LogP contribution in [0.5, 0.6) is 0 Å². The van der Waals surface area contributed by atoms with Crippen LogP contribution in [-0.2, 0) is 0 Å². The number of aryl methyl sites for hydroxylation is 3. The lowest BCUT2D eigenvalue weighted by atomic mass is 10.3. The van der Waals surface area contributed by atoms with E-state index in [2.05, 4.69) is 50.2 Å². The zero-order valence-corrected chi connectivity index (χ0v) is 16.4. The number of aromatic nitrogens is 8. The van der Waals surface area contributed by atoms with Crippen molar-refractivity contribution < 1.29 is 0 Å². The number of thioether (sulfide) groups is 1. The van der Waals surface area contributed by atoms with Gasteiger partial charge in [0.1, 0.15) is 12.7 Å². The Balaban J connectivity index is 0.000000158. The van der Waals surface area contributed by atoms with Crippen molar-refractivity contribution in [2.75, 3.05) is 5.75 Å². The summed E-state index contributed by atoms with van der Waals surface area (Å²) in [7, 11) is 0. The van der Waals surface area contributed by atoms with E-state index in [9.17, 15) is 0 Å². The van der Waals surface area contributed by atoms with Crippen LogP contribution < -0.4 is 0 Å². The summed E-state index contributed by atoms with van der Waals surface area (Å²) in [5, 5.41) is 13.0. The quantitative estimate of drug-likeness (QED) is 0.405. The van der Waals surface area contributed by atoms with Crippen LogP contribution >= 0.6 is 11.8 Å². The molecule has 4 aromatic rings. The summed E-state index contributed by atoms with van der Waals surface area (Å²) in [5.74, 6) is 3.12. The Hall–Kier alpha value is -2.55. The second-order valence-corrected chi connectivity index (χ2v) is 7.49. The van der Waals surface area contributed by atoms with Gasteiger partial charge in [-0.1, -0.05) is 13.8 Å². The summed E-state index contributed by atoms with van der Waals surface area (Å²) in [6, 6.07) is 4.05. The van der Waals surface area contributed by atoms with E-state index in [1.54, 1.807) is 10.8 Å². The molecule has 26 heavy (non-hydrogen) atoms. The van der Waals surface area contributed by atoms with E-state index in [0.717, 1.165) is 27.9 Å². The molecule has 0 aliphatic heterocycles. The Kier molecular flexibility index (Phi) is 5.46. The van der Waals surface area contributed by atoms with Gasteiger partial charge in [0.25, 0.3) is 11.6 Å². The predicted octanol–water partition coefficient (Wildman–Crippen LogP) is 2.92. The molecule has 0 atom stereocenters. The van der Waals surface area contributed by atoms with E-state index in [1.165, 1.54) is 6.33 Å². The zero-order valence-electron chi connectivity index (χ0n) is 15.6. The highest BCUT2D eigenvalue weighted by molar-refractivity contribution is 7.99. The van der Waals surface area contributed by atoms with Gasteiger partial charge >= 0.3 is 0 Å². The first-order valence-corrected chi connectivity index (χ1v) is 9.36. The van der Waals surface area contributed by atoms with E-state index in [-0.39, 0.29) is 0 Å². The Morgan fingerprint density at radius 1 is 1.04 bits per heavy atom. The third-order valence-corrected chi connectivity index (χ3v) is 4.94. The van der Waals surface area contributed by atoms with Gasteiger partial charge in [-0.25, -0.2) is 14.5 Å². The molecule has 0 saturated carbocycles. The van der Waals surface area contributed by atoms with Crippen LogP contribution in [0.15, 0.2) is 29.8 Å². The first kappa shape index (κ1) is 18.2. The van der Waals surface area contributed by atoms with Crippen LogP contribution in [0.3, 0.4) is 0 Å². The van der Waals surface area contributed by atoms with Gasteiger partial charge in [-0.05, 0) is 38.8 Å². The lowest BCUT2D eigenvalue weighted by molar-refractivity contribution is 0.748. The van der Waals surface area contributed by atoms with Gasteiger partial charge in [0.15, 0.2) is 0 Å². The highest BCUT2D eigenvalue weighted by atomic mass is 32.2. The van der Waals surface area contributed by atoms with E-state index in [1.807, 2.05) is 43.0 Å². The summed E-state index contributed by atoms with van der Waals surface area (Å²) in [6.07, 6.45) is 3.22. The smallest absolute Gasteiger partial charge is 0.255 e. The summed E-state index contributed by atoms with van der Waals surface area (Å²) >= 11 is 1.82. The maximum absolute atomic E-state index is 4.30. The zero-order chi connectivity index (χ0) is 18.7. The average molecular weight is 370 g/mol. The maximum Gasteiger partial charge on any atom is 0.255 e. The summed E-state index contributed by atoms with van der Waals surface area (Å²) in [4.78, 5) is 12.5. The van der Waals surface area contributed by atoms with Crippen LogP contribution in [0.1, 0.15) is 30.9 Å². The highest BCUT2D eigenvalue weighted by Crippen LogP contribution is 2.21. The van der Waals surface area contributed by atoms with Crippen LogP contribution in [0.2, 0.25) is 0 Å². The van der Waals surface area contributed by atoms with E-state index >= 15 is 0 Å². The van der Waals surface area contributed by atoms with Gasteiger partial charge in [0.2, 0.25) is 0 Å². The normalized spacial score (nSPS) is 11.2. The fourth-order valence-electron chi connectivity index (χ4n) is 2.38. The molecule has 0 radical (unpaired) electrons. The minimum Gasteiger partial charge on any atom is -0.260 e. The lowest BCUT2D eigenvalue weighted by Crippen LogP contribution is -1.97. The van der Waals surface area contributed by atoms with Gasteiger partial charge in [-0.2, -0.15) is 10.1 Å². The lowest BCUT2D eigenvalue weighted by Gasteiger charge is -2.06. The molecule has 0 aliphatic carbocycles. The van der Waals surface area contributed by atoms with Crippen LogP contribution in [0.25, 0.3) is 11.6 Å². The predicted molar refractivity (Wildman–Crippen MR) is 101 cm³/mol.